The first-order chi connectivity index (χ1) is 11.8. The van der Waals surface area contributed by atoms with Gasteiger partial charge in [0, 0.05) is 25.4 Å². The largest absolute Gasteiger partial charge is 0.417 e. The van der Waals surface area contributed by atoms with Gasteiger partial charge in [0.25, 0.3) is 0 Å². The number of alkyl halides is 3. The molecule has 25 heavy (non-hydrogen) atoms. The highest BCUT2D eigenvalue weighted by Gasteiger charge is 2.57. The molecule has 1 unspecified atom stereocenters. The summed E-state index contributed by atoms with van der Waals surface area (Å²) in [6, 6.07) is 0. The van der Waals surface area contributed by atoms with Crippen LogP contribution >= 0.6 is 0 Å². The van der Waals surface area contributed by atoms with Gasteiger partial charge in [-0.3, -0.25) is 4.68 Å². The summed E-state index contributed by atoms with van der Waals surface area (Å²) in [6.45, 7) is 0. The molecule has 0 amide bonds. The second kappa shape index (κ2) is 5.48. The van der Waals surface area contributed by atoms with E-state index in [-0.39, 0.29) is 17.8 Å². The van der Waals surface area contributed by atoms with Gasteiger partial charge in [-0.2, -0.15) is 18.3 Å². The highest BCUT2D eigenvalue weighted by atomic mass is 19.4. The minimum Gasteiger partial charge on any atom is -0.332 e. The van der Waals surface area contributed by atoms with Crippen molar-refractivity contribution in [1.82, 2.24) is 15.1 Å². The van der Waals surface area contributed by atoms with E-state index >= 15 is 0 Å². The Kier molecular flexibility index (Phi) is 3.61. The lowest BCUT2D eigenvalue weighted by molar-refractivity contribution is -0.105. The molecule has 0 saturated heterocycles. The predicted molar refractivity (Wildman–Crippen MR) is 87.4 cm³/mol. The zero-order chi connectivity index (χ0) is 17.8. The number of aryl methyl sites for hydroxylation is 1. The zero-order valence-corrected chi connectivity index (χ0v) is 13.8. The average Bonchev–Trinajstić information content (AvgIpc) is 3.23. The van der Waals surface area contributed by atoms with E-state index in [1.807, 2.05) is 0 Å². The van der Waals surface area contributed by atoms with E-state index in [2.05, 4.69) is 20.7 Å². The van der Waals surface area contributed by atoms with Crippen molar-refractivity contribution in [2.45, 2.75) is 37.5 Å². The monoisotopic (exact) mass is 354 g/mol. The lowest BCUT2D eigenvalue weighted by Gasteiger charge is -2.41. The van der Waals surface area contributed by atoms with Crippen LogP contribution in [0.5, 0.6) is 0 Å². The van der Waals surface area contributed by atoms with Crippen LogP contribution in [0.4, 0.5) is 18.9 Å². The third kappa shape index (κ3) is 2.80. The van der Waals surface area contributed by atoms with Crippen LogP contribution in [0, 0.1) is 17.8 Å². The summed E-state index contributed by atoms with van der Waals surface area (Å²) in [6.07, 6.45) is 3.41. The molecule has 1 aromatic heterocycles. The SMILES string of the molecule is Cn1cc(NC2=NC(N)([C@@H]3C[C@H]4CC[C@@H]3C4)C(C(F)(F)F)=CN2)cn1. The molecule has 3 aliphatic rings. The van der Waals surface area contributed by atoms with Crippen molar-refractivity contribution in [2.75, 3.05) is 5.32 Å². The van der Waals surface area contributed by atoms with Crippen LogP contribution in [0.3, 0.4) is 0 Å². The van der Waals surface area contributed by atoms with Gasteiger partial charge in [-0.05, 0) is 31.1 Å². The second-order valence-electron chi connectivity index (χ2n) is 7.29. The van der Waals surface area contributed by atoms with E-state index in [0.29, 0.717) is 18.0 Å². The third-order valence-corrected chi connectivity index (χ3v) is 5.66. The number of fused-ring (bicyclic) bond motifs is 2. The van der Waals surface area contributed by atoms with Crippen molar-refractivity contribution in [1.29, 1.82) is 0 Å². The number of aromatic nitrogens is 2. The number of anilines is 1. The fourth-order valence-electron chi connectivity index (χ4n) is 4.60. The van der Waals surface area contributed by atoms with Crippen molar-refractivity contribution in [3.8, 4) is 0 Å². The zero-order valence-electron chi connectivity index (χ0n) is 13.8. The quantitative estimate of drug-likeness (QED) is 0.762. The normalized spacial score (nSPS) is 34.5. The van der Waals surface area contributed by atoms with Gasteiger partial charge in [0.2, 0.25) is 5.96 Å². The maximum absolute atomic E-state index is 13.6. The number of hydrogen-bond donors (Lipinski definition) is 3. The Labute approximate surface area is 143 Å². The van der Waals surface area contributed by atoms with Crippen molar-refractivity contribution < 1.29 is 13.2 Å². The molecule has 2 fully saturated rings. The Hall–Kier alpha value is -2.03. The van der Waals surface area contributed by atoms with E-state index in [0.717, 1.165) is 25.5 Å². The minimum atomic E-state index is -4.52. The molecule has 2 saturated carbocycles. The van der Waals surface area contributed by atoms with Crippen LogP contribution in [0.15, 0.2) is 29.2 Å². The van der Waals surface area contributed by atoms with Gasteiger partial charge in [0.15, 0.2) is 0 Å². The Morgan fingerprint density at radius 3 is 2.72 bits per heavy atom. The summed E-state index contributed by atoms with van der Waals surface area (Å²) >= 11 is 0. The van der Waals surface area contributed by atoms with Gasteiger partial charge >= 0.3 is 6.18 Å². The summed E-state index contributed by atoms with van der Waals surface area (Å²) in [5.41, 5.74) is 4.43. The average molecular weight is 354 g/mol. The van der Waals surface area contributed by atoms with Gasteiger partial charge in [0.05, 0.1) is 17.5 Å². The third-order valence-electron chi connectivity index (χ3n) is 5.66. The van der Waals surface area contributed by atoms with Gasteiger partial charge in [0.1, 0.15) is 5.66 Å². The number of rotatable bonds is 2. The van der Waals surface area contributed by atoms with Crippen molar-refractivity contribution in [2.24, 2.45) is 35.5 Å². The maximum atomic E-state index is 13.6. The van der Waals surface area contributed by atoms with Gasteiger partial charge in [-0.15, -0.1) is 0 Å². The molecule has 2 heterocycles. The first-order valence-corrected chi connectivity index (χ1v) is 8.44. The van der Waals surface area contributed by atoms with Crippen molar-refractivity contribution >= 4 is 11.6 Å². The number of nitrogens with zero attached hydrogens (tertiary/aromatic N) is 3. The summed E-state index contributed by atoms with van der Waals surface area (Å²) in [5, 5.41) is 9.58. The standard InChI is InChI=1S/C16H21F3N6/c1-25-8-11(6-22-25)23-14-21-7-13(16(17,18)19)15(20,24-14)12-5-9-2-3-10(12)4-9/h6-10,12H,2-5,20H2,1H3,(H2,21,23,24)/t9-,10+,12+,15?/m0/s1. The Morgan fingerprint density at radius 1 is 1.36 bits per heavy atom. The summed E-state index contributed by atoms with van der Waals surface area (Å²) in [7, 11) is 1.76. The van der Waals surface area contributed by atoms with E-state index in [1.165, 1.54) is 0 Å². The first kappa shape index (κ1) is 16.4. The van der Waals surface area contributed by atoms with Crippen molar-refractivity contribution in [3.63, 3.8) is 0 Å². The molecule has 4 N–H and O–H groups in total. The fraction of sp³-hybridized carbons (Fsp3) is 0.625. The summed E-state index contributed by atoms with van der Waals surface area (Å²) in [4.78, 5) is 4.31. The topological polar surface area (TPSA) is 80.3 Å². The molecular formula is C16H21F3N6. The molecule has 6 nitrogen and oxygen atoms in total. The number of nitrogens with one attached hydrogen (secondary N) is 2. The molecule has 9 heteroatoms. The van der Waals surface area contributed by atoms with Crippen LogP contribution in [0.1, 0.15) is 25.7 Å². The van der Waals surface area contributed by atoms with Crippen LogP contribution in [-0.4, -0.2) is 27.6 Å². The molecule has 1 aliphatic heterocycles. The first-order valence-electron chi connectivity index (χ1n) is 8.44. The number of guanidine groups is 1. The van der Waals surface area contributed by atoms with Crippen LogP contribution in [0.25, 0.3) is 0 Å². The number of hydrogen-bond acceptors (Lipinski definition) is 5. The molecular weight excluding hydrogens is 333 g/mol. The van der Waals surface area contributed by atoms with Crippen LogP contribution in [0.2, 0.25) is 0 Å². The highest BCUT2D eigenvalue weighted by Crippen LogP contribution is 2.55. The molecule has 4 atom stereocenters. The van der Waals surface area contributed by atoms with E-state index in [4.69, 9.17) is 5.73 Å². The number of halogens is 3. The lowest BCUT2D eigenvalue weighted by Crippen LogP contribution is -2.57. The molecule has 2 aliphatic carbocycles. The number of nitrogens with two attached hydrogens (primary N) is 1. The Bertz CT molecular complexity index is 736. The van der Waals surface area contributed by atoms with E-state index < -0.39 is 17.4 Å². The molecule has 0 spiro atoms. The van der Waals surface area contributed by atoms with Gasteiger partial charge < -0.3 is 16.4 Å². The van der Waals surface area contributed by atoms with Gasteiger partial charge in [-0.25, -0.2) is 4.99 Å². The smallest absolute Gasteiger partial charge is 0.332 e. The van der Waals surface area contributed by atoms with Crippen molar-refractivity contribution in [3.05, 3.63) is 24.2 Å². The lowest BCUT2D eigenvalue weighted by atomic mass is 9.75. The molecule has 4 rings (SSSR count). The molecule has 136 valence electrons. The minimum absolute atomic E-state index is 0.210. The van der Waals surface area contributed by atoms with Gasteiger partial charge in [-0.1, -0.05) is 6.42 Å². The summed E-state index contributed by atoms with van der Waals surface area (Å²) in [5.74, 6) is 0.616. The number of aliphatic imine (C=N–C) groups is 1. The highest BCUT2D eigenvalue weighted by molar-refractivity contribution is 5.95. The Morgan fingerprint density at radius 2 is 2.16 bits per heavy atom. The molecule has 2 bridgehead atoms. The molecule has 1 aromatic rings. The van der Waals surface area contributed by atoms with E-state index in [1.54, 1.807) is 24.1 Å². The predicted octanol–water partition coefficient (Wildman–Crippen LogP) is 2.33. The molecule has 0 radical (unpaired) electrons. The maximum Gasteiger partial charge on any atom is 0.417 e. The molecule has 0 aromatic carbocycles. The van der Waals surface area contributed by atoms with E-state index in [9.17, 15) is 13.2 Å². The van der Waals surface area contributed by atoms with Crippen LogP contribution < -0.4 is 16.4 Å². The van der Waals surface area contributed by atoms with Crippen LogP contribution in [-0.2, 0) is 7.05 Å². The summed E-state index contributed by atoms with van der Waals surface area (Å²) < 4.78 is 42.4. The second-order valence-corrected chi connectivity index (χ2v) is 7.29. The fourth-order valence-corrected chi connectivity index (χ4v) is 4.60. The Balaban J connectivity index is 1.67.